The highest BCUT2D eigenvalue weighted by atomic mass is 15.2. The first kappa shape index (κ1) is 24.5. The first-order valence-corrected chi connectivity index (χ1v) is 13.6. The van der Waals surface area contributed by atoms with Crippen LogP contribution in [0.15, 0.2) is 91.3 Å². The van der Waals surface area contributed by atoms with Crippen molar-refractivity contribution in [1.29, 1.82) is 0 Å². The third-order valence-electron chi connectivity index (χ3n) is 7.45. The van der Waals surface area contributed by atoms with Crippen LogP contribution in [0.4, 0.5) is 0 Å². The van der Waals surface area contributed by atoms with Crippen molar-refractivity contribution in [3.8, 4) is 0 Å². The number of aryl methyl sites for hydroxylation is 1. The molecule has 1 atom stereocenters. The van der Waals surface area contributed by atoms with Gasteiger partial charge in [-0.1, -0.05) is 48.5 Å². The predicted octanol–water partition coefficient (Wildman–Crippen LogP) is 5.77. The Morgan fingerprint density at radius 2 is 1.68 bits per heavy atom. The summed E-state index contributed by atoms with van der Waals surface area (Å²) in [6.45, 7) is 3.41. The Morgan fingerprint density at radius 1 is 0.842 bits per heavy atom. The number of para-hydroxylation sites is 2. The SMILES string of the molecule is c1ccc(CNCc2ccc(CN(CCc3nc4ccccc4[nH]3)C3CCCc4cccnc43)cc2)nc1. The average molecular weight is 503 g/mol. The third-order valence-corrected chi connectivity index (χ3v) is 7.45. The zero-order valence-electron chi connectivity index (χ0n) is 21.7. The molecule has 0 radical (unpaired) electrons. The fraction of sp³-hybridized carbons (Fsp3) is 0.281. The summed E-state index contributed by atoms with van der Waals surface area (Å²) < 4.78 is 0. The largest absolute Gasteiger partial charge is 0.342 e. The number of hydrogen-bond acceptors (Lipinski definition) is 5. The van der Waals surface area contributed by atoms with Crippen LogP contribution in [0.2, 0.25) is 0 Å². The summed E-state index contributed by atoms with van der Waals surface area (Å²) in [6.07, 6.45) is 8.12. The van der Waals surface area contributed by atoms with Crippen molar-refractivity contribution in [2.75, 3.05) is 6.54 Å². The first-order chi connectivity index (χ1) is 18.8. The van der Waals surface area contributed by atoms with Crippen molar-refractivity contribution in [3.05, 3.63) is 125 Å². The lowest BCUT2D eigenvalue weighted by Crippen LogP contribution is -2.33. The van der Waals surface area contributed by atoms with Gasteiger partial charge in [0.2, 0.25) is 0 Å². The van der Waals surface area contributed by atoms with E-state index in [0.29, 0.717) is 6.04 Å². The molecule has 0 saturated carbocycles. The highest BCUT2D eigenvalue weighted by molar-refractivity contribution is 5.74. The first-order valence-electron chi connectivity index (χ1n) is 13.6. The van der Waals surface area contributed by atoms with Crippen LogP contribution >= 0.6 is 0 Å². The molecular weight excluding hydrogens is 468 g/mol. The van der Waals surface area contributed by atoms with Crippen molar-refractivity contribution in [2.24, 2.45) is 0 Å². The number of imidazole rings is 1. The maximum Gasteiger partial charge on any atom is 0.108 e. The van der Waals surface area contributed by atoms with E-state index in [2.05, 4.69) is 74.8 Å². The molecule has 0 aliphatic heterocycles. The standard InChI is InChI=1S/C32H34N6/c1-2-11-29-28(10-1)36-31(37-29)17-20-38(30-12-5-7-26-8-6-19-35-32(26)30)23-25-15-13-24(14-16-25)21-33-22-27-9-3-4-18-34-27/h1-4,6,8-11,13-16,18-19,30,33H,5,7,12,17,20-23H2,(H,36,37). The second kappa shape index (κ2) is 11.7. The van der Waals surface area contributed by atoms with Gasteiger partial charge in [-0.3, -0.25) is 14.9 Å². The van der Waals surface area contributed by atoms with E-state index in [9.17, 15) is 0 Å². The summed E-state index contributed by atoms with van der Waals surface area (Å²) >= 11 is 0. The zero-order chi connectivity index (χ0) is 25.6. The minimum atomic E-state index is 0.323. The fourth-order valence-electron chi connectivity index (χ4n) is 5.49. The number of hydrogen-bond donors (Lipinski definition) is 2. The fourth-order valence-corrected chi connectivity index (χ4v) is 5.49. The number of aromatic nitrogens is 4. The number of H-pyrrole nitrogens is 1. The summed E-state index contributed by atoms with van der Waals surface area (Å²) in [5.74, 6) is 1.04. The molecule has 1 unspecified atom stereocenters. The van der Waals surface area contributed by atoms with E-state index < -0.39 is 0 Å². The number of pyridine rings is 2. The minimum absolute atomic E-state index is 0.323. The van der Waals surface area contributed by atoms with Crippen molar-refractivity contribution in [3.63, 3.8) is 0 Å². The van der Waals surface area contributed by atoms with Crippen LogP contribution in [-0.2, 0) is 32.5 Å². The molecule has 2 N–H and O–H groups in total. The highest BCUT2D eigenvalue weighted by Gasteiger charge is 2.27. The number of nitrogens with zero attached hydrogens (tertiary/aromatic N) is 4. The van der Waals surface area contributed by atoms with Gasteiger partial charge in [0.1, 0.15) is 5.82 Å². The van der Waals surface area contributed by atoms with E-state index in [1.807, 2.05) is 36.7 Å². The molecule has 3 aromatic heterocycles. The molecule has 0 spiro atoms. The normalized spacial score (nSPS) is 15.1. The Labute approximate surface area is 224 Å². The molecule has 0 saturated heterocycles. The molecule has 2 aromatic carbocycles. The molecule has 6 heteroatoms. The quantitative estimate of drug-likeness (QED) is 0.254. The van der Waals surface area contributed by atoms with Crippen LogP contribution in [0.3, 0.4) is 0 Å². The van der Waals surface area contributed by atoms with Crippen LogP contribution < -0.4 is 5.32 Å². The average Bonchev–Trinajstić information content (AvgIpc) is 3.39. The number of aromatic amines is 1. The topological polar surface area (TPSA) is 69.7 Å². The van der Waals surface area contributed by atoms with Crippen molar-refractivity contribution >= 4 is 11.0 Å². The van der Waals surface area contributed by atoms with Gasteiger partial charge in [0.05, 0.1) is 28.5 Å². The zero-order valence-corrected chi connectivity index (χ0v) is 21.7. The number of nitrogens with one attached hydrogen (secondary N) is 2. The molecule has 6 nitrogen and oxygen atoms in total. The molecule has 0 bridgehead atoms. The lowest BCUT2D eigenvalue weighted by Gasteiger charge is -2.35. The molecule has 192 valence electrons. The Bertz CT molecular complexity index is 1430. The van der Waals surface area contributed by atoms with Gasteiger partial charge in [0.15, 0.2) is 0 Å². The maximum atomic E-state index is 4.85. The van der Waals surface area contributed by atoms with E-state index in [0.717, 1.165) is 68.0 Å². The highest BCUT2D eigenvalue weighted by Crippen LogP contribution is 2.34. The van der Waals surface area contributed by atoms with Crippen LogP contribution in [0.1, 0.15) is 52.8 Å². The lowest BCUT2D eigenvalue weighted by molar-refractivity contribution is 0.167. The van der Waals surface area contributed by atoms with Gasteiger partial charge in [-0.2, -0.15) is 0 Å². The Morgan fingerprint density at radius 3 is 2.55 bits per heavy atom. The van der Waals surface area contributed by atoms with Gasteiger partial charge >= 0.3 is 0 Å². The molecule has 5 aromatic rings. The van der Waals surface area contributed by atoms with Crippen molar-refractivity contribution in [1.82, 2.24) is 30.2 Å². The molecular formula is C32H34N6. The summed E-state index contributed by atoms with van der Waals surface area (Å²) in [6, 6.07) is 28.0. The van der Waals surface area contributed by atoms with E-state index in [-0.39, 0.29) is 0 Å². The van der Waals surface area contributed by atoms with Crippen molar-refractivity contribution in [2.45, 2.75) is 51.4 Å². The Hall–Kier alpha value is -3.87. The number of rotatable bonds is 10. The second-order valence-electron chi connectivity index (χ2n) is 10.1. The van der Waals surface area contributed by atoms with Crippen LogP contribution in [0.25, 0.3) is 11.0 Å². The molecule has 38 heavy (non-hydrogen) atoms. The Kier molecular flexibility index (Phi) is 7.52. The summed E-state index contributed by atoms with van der Waals surface area (Å²) in [7, 11) is 0. The Balaban J connectivity index is 1.16. The molecule has 1 aliphatic carbocycles. The van der Waals surface area contributed by atoms with Gasteiger partial charge in [0.25, 0.3) is 0 Å². The van der Waals surface area contributed by atoms with E-state index in [1.165, 1.54) is 28.8 Å². The van der Waals surface area contributed by atoms with Gasteiger partial charge < -0.3 is 10.3 Å². The monoisotopic (exact) mass is 502 g/mol. The molecule has 1 aliphatic rings. The van der Waals surface area contributed by atoms with Crippen LogP contribution in [0, 0.1) is 0 Å². The molecule has 0 fully saturated rings. The van der Waals surface area contributed by atoms with Crippen LogP contribution in [-0.4, -0.2) is 31.4 Å². The summed E-state index contributed by atoms with van der Waals surface area (Å²) in [5, 5.41) is 3.50. The summed E-state index contributed by atoms with van der Waals surface area (Å²) in [4.78, 5) is 20.2. The number of fused-ring (bicyclic) bond motifs is 2. The number of benzene rings is 2. The van der Waals surface area contributed by atoms with Gasteiger partial charge in [-0.05, 0) is 66.3 Å². The molecule has 6 rings (SSSR count). The van der Waals surface area contributed by atoms with E-state index in [1.54, 1.807) is 0 Å². The predicted molar refractivity (Wildman–Crippen MR) is 151 cm³/mol. The third kappa shape index (κ3) is 5.82. The van der Waals surface area contributed by atoms with Crippen LogP contribution in [0.5, 0.6) is 0 Å². The second-order valence-corrected chi connectivity index (χ2v) is 10.1. The van der Waals surface area contributed by atoms with Gasteiger partial charge in [-0.15, -0.1) is 0 Å². The smallest absolute Gasteiger partial charge is 0.108 e. The minimum Gasteiger partial charge on any atom is -0.342 e. The van der Waals surface area contributed by atoms with Gasteiger partial charge in [-0.25, -0.2) is 4.98 Å². The molecule has 3 heterocycles. The summed E-state index contributed by atoms with van der Waals surface area (Å²) in [5.41, 5.74) is 8.45. The maximum absolute atomic E-state index is 4.85. The van der Waals surface area contributed by atoms with Crippen molar-refractivity contribution < 1.29 is 0 Å². The van der Waals surface area contributed by atoms with Gasteiger partial charge in [0, 0.05) is 45.0 Å². The van der Waals surface area contributed by atoms with E-state index >= 15 is 0 Å². The van der Waals surface area contributed by atoms with E-state index in [4.69, 9.17) is 9.97 Å². The molecule has 0 amide bonds. The lowest BCUT2D eigenvalue weighted by atomic mass is 9.90.